The summed E-state index contributed by atoms with van der Waals surface area (Å²) in [7, 11) is 0. The average molecular weight is 296 g/mol. The largest absolute Gasteiger partial charge is 0.464 e. The Bertz CT molecular complexity index is 544. The molecule has 0 unspecified atom stereocenters. The Labute approximate surface area is 121 Å². The average Bonchev–Trinajstić information content (AvgIpc) is 2.74. The molecule has 1 N–H and O–H groups in total. The Kier molecular flexibility index (Phi) is 4.74. The monoisotopic (exact) mass is 295 g/mol. The first-order valence-corrected chi connectivity index (χ1v) is 6.64. The highest BCUT2D eigenvalue weighted by Crippen LogP contribution is 2.12. The van der Waals surface area contributed by atoms with Gasteiger partial charge in [0, 0.05) is 17.9 Å². The van der Waals surface area contributed by atoms with Crippen LogP contribution < -0.4 is 5.32 Å². The van der Waals surface area contributed by atoms with Gasteiger partial charge in [-0.25, -0.2) is 4.79 Å². The third kappa shape index (κ3) is 4.06. The van der Waals surface area contributed by atoms with Gasteiger partial charge in [0.1, 0.15) is 11.8 Å². The lowest BCUT2D eigenvalue weighted by Gasteiger charge is -2.08. The number of hydrogen-bond donors (Lipinski definition) is 1. The topological polar surface area (TPSA) is 72.5 Å². The van der Waals surface area contributed by atoms with E-state index in [9.17, 15) is 14.4 Å². The number of ether oxygens (including phenoxy) is 1. The van der Waals surface area contributed by atoms with Gasteiger partial charge in [-0.05, 0) is 17.7 Å². The molecule has 1 heterocycles. The van der Waals surface area contributed by atoms with E-state index in [1.807, 2.05) is 0 Å². The smallest absolute Gasteiger partial charge is 0.328 e. The molecule has 0 bridgehead atoms. The van der Waals surface area contributed by atoms with E-state index in [2.05, 4.69) is 5.32 Å². The Balaban J connectivity index is 1.82. The van der Waals surface area contributed by atoms with Gasteiger partial charge in [0.2, 0.25) is 5.91 Å². The molecule has 0 aliphatic carbocycles. The van der Waals surface area contributed by atoms with E-state index < -0.39 is 17.9 Å². The van der Waals surface area contributed by atoms with Crippen molar-refractivity contribution in [1.29, 1.82) is 0 Å². The van der Waals surface area contributed by atoms with Gasteiger partial charge in [0.25, 0.3) is 0 Å². The number of Topliss-reactive ketones (excluding diaryl/α,β-unsaturated/α-hetero) is 1. The zero-order valence-corrected chi connectivity index (χ0v) is 11.5. The van der Waals surface area contributed by atoms with E-state index in [1.54, 1.807) is 24.3 Å². The number of carbonyl (C=O) groups excluding carboxylic acids is 3. The van der Waals surface area contributed by atoms with E-state index in [1.165, 1.54) is 0 Å². The van der Waals surface area contributed by atoms with Crippen LogP contribution in [0.1, 0.15) is 18.4 Å². The molecule has 20 heavy (non-hydrogen) atoms. The number of halogens is 1. The lowest BCUT2D eigenvalue weighted by Crippen LogP contribution is -2.38. The first-order chi connectivity index (χ1) is 9.54. The molecule has 1 aliphatic heterocycles. The summed E-state index contributed by atoms with van der Waals surface area (Å²) in [6.07, 6.45) is 0.340. The normalized spacial score (nSPS) is 17.6. The summed E-state index contributed by atoms with van der Waals surface area (Å²) >= 11 is 5.82. The molecule has 1 atom stereocenters. The summed E-state index contributed by atoms with van der Waals surface area (Å²) in [5.41, 5.74) is 0.760. The standard InChI is InChI=1S/C14H14ClNO4/c15-10-3-1-2-9(6-10)7-11(17)8-13(18)16-12-4-5-20-14(12)19/h1-3,6,12H,4-5,7-8H2,(H,16,18)/t12-/m1/s1. The minimum atomic E-state index is -0.624. The summed E-state index contributed by atoms with van der Waals surface area (Å²) in [4.78, 5) is 34.6. The molecule has 0 spiro atoms. The van der Waals surface area contributed by atoms with Crippen LogP contribution in [0.5, 0.6) is 0 Å². The summed E-state index contributed by atoms with van der Waals surface area (Å²) in [6.45, 7) is 0.306. The van der Waals surface area contributed by atoms with Crippen LogP contribution in [0.25, 0.3) is 0 Å². The minimum Gasteiger partial charge on any atom is -0.464 e. The first kappa shape index (κ1) is 14.5. The van der Waals surface area contributed by atoms with E-state index in [0.717, 1.165) is 5.56 Å². The van der Waals surface area contributed by atoms with Crippen molar-refractivity contribution in [2.75, 3.05) is 6.61 Å². The molecule has 106 valence electrons. The predicted octanol–water partition coefficient (Wildman–Crippen LogP) is 1.27. The van der Waals surface area contributed by atoms with Gasteiger partial charge in [0.15, 0.2) is 0 Å². The molecule has 1 amide bonds. The number of benzene rings is 1. The third-order valence-corrected chi connectivity index (χ3v) is 3.15. The van der Waals surface area contributed by atoms with Crippen molar-refractivity contribution in [1.82, 2.24) is 5.32 Å². The second kappa shape index (κ2) is 6.52. The van der Waals surface area contributed by atoms with Crippen molar-refractivity contribution in [3.63, 3.8) is 0 Å². The number of carbonyl (C=O) groups is 3. The van der Waals surface area contributed by atoms with Crippen LogP contribution in [0.3, 0.4) is 0 Å². The van der Waals surface area contributed by atoms with Gasteiger partial charge in [-0.1, -0.05) is 23.7 Å². The van der Waals surface area contributed by atoms with Crippen molar-refractivity contribution in [3.8, 4) is 0 Å². The third-order valence-electron chi connectivity index (χ3n) is 2.92. The van der Waals surface area contributed by atoms with Crippen LogP contribution in [-0.4, -0.2) is 30.3 Å². The molecule has 6 heteroatoms. The molecule has 1 aliphatic rings. The number of amides is 1. The molecular formula is C14H14ClNO4. The predicted molar refractivity (Wildman–Crippen MR) is 72.3 cm³/mol. The maximum absolute atomic E-state index is 11.8. The number of nitrogens with one attached hydrogen (secondary N) is 1. The van der Waals surface area contributed by atoms with Crippen LogP contribution in [-0.2, 0) is 25.5 Å². The van der Waals surface area contributed by atoms with Crippen molar-refractivity contribution in [2.24, 2.45) is 0 Å². The summed E-state index contributed by atoms with van der Waals surface area (Å²) in [5, 5.41) is 3.05. The number of ketones is 1. The fourth-order valence-electron chi connectivity index (χ4n) is 1.99. The summed E-state index contributed by atoms with van der Waals surface area (Å²) < 4.78 is 4.73. The van der Waals surface area contributed by atoms with Crippen LogP contribution >= 0.6 is 11.6 Å². The lowest BCUT2D eigenvalue weighted by molar-refractivity contribution is -0.141. The van der Waals surface area contributed by atoms with Crippen molar-refractivity contribution < 1.29 is 19.1 Å². The zero-order valence-electron chi connectivity index (χ0n) is 10.7. The van der Waals surface area contributed by atoms with E-state index >= 15 is 0 Å². The molecule has 0 saturated carbocycles. The summed E-state index contributed by atoms with van der Waals surface area (Å²) in [6, 6.07) is 6.30. The Morgan fingerprint density at radius 3 is 2.85 bits per heavy atom. The highest BCUT2D eigenvalue weighted by Gasteiger charge is 2.28. The maximum Gasteiger partial charge on any atom is 0.328 e. The van der Waals surface area contributed by atoms with Crippen LogP contribution in [0, 0.1) is 0 Å². The van der Waals surface area contributed by atoms with E-state index in [-0.39, 0.29) is 18.6 Å². The first-order valence-electron chi connectivity index (χ1n) is 6.27. The van der Waals surface area contributed by atoms with Gasteiger partial charge in [-0.15, -0.1) is 0 Å². The van der Waals surface area contributed by atoms with Crippen LogP contribution in [0.4, 0.5) is 0 Å². The SMILES string of the molecule is O=C(CC(=O)N[C@@H]1CCOC1=O)Cc1cccc(Cl)c1. The molecule has 0 aromatic heterocycles. The lowest BCUT2D eigenvalue weighted by atomic mass is 10.1. The molecule has 1 saturated heterocycles. The van der Waals surface area contributed by atoms with Crippen molar-refractivity contribution >= 4 is 29.3 Å². The molecule has 0 radical (unpaired) electrons. The Morgan fingerprint density at radius 2 is 2.20 bits per heavy atom. The molecule has 5 nitrogen and oxygen atoms in total. The molecule has 2 rings (SSSR count). The van der Waals surface area contributed by atoms with Gasteiger partial charge < -0.3 is 10.1 Å². The number of rotatable bonds is 5. The number of cyclic esters (lactones) is 1. The van der Waals surface area contributed by atoms with E-state index in [4.69, 9.17) is 16.3 Å². The van der Waals surface area contributed by atoms with Gasteiger partial charge >= 0.3 is 5.97 Å². The minimum absolute atomic E-state index is 0.142. The van der Waals surface area contributed by atoms with Crippen molar-refractivity contribution in [2.45, 2.75) is 25.3 Å². The zero-order chi connectivity index (χ0) is 14.5. The number of hydrogen-bond acceptors (Lipinski definition) is 4. The van der Waals surface area contributed by atoms with Crippen LogP contribution in [0.15, 0.2) is 24.3 Å². The van der Waals surface area contributed by atoms with Gasteiger partial charge in [-0.3, -0.25) is 9.59 Å². The second-order valence-corrected chi connectivity index (χ2v) is 5.03. The summed E-state index contributed by atoms with van der Waals surface area (Å²) in [5.74, 6) is -1.13. The fourth-order valence-corrected chi connectivity index (χ4v) is 2.20. The highest BCUT2D eigenvalue weighted by atomic mass is 35.5. The highest BCUT2D eigenvalue weighted by molar-refractivity contribution is 6.30. The Hall–Kier alpha value is -1.88. The van der Waals surface area contributed by atoms with Gasteiger partial charge in [-0.2, -0.15) is 0 Å². The van der Waals surface area contributed by atoms with Crippen LogP contribution in [0.2, 0.25) is 5.02 Å². The molecule has 1 aromatic rings. The van der Waals surface area contributed by atoms with Crippen molar-refractivity contribution in [3.05, 3.63) is 34.9 Å². The van der Waals surface area contributed by atoms with E-state index in [0.29, 0.717) is 18.1 Å². The maximum atomic E-state index is 11.8. The fraction of sp³-hybridized carbons (Fsp3) is 0.357. The quantitative estimate of drug-likeness (QED) is 0.656. The molecule has 1 fully saturated rings. The second-order valence-electron chi connectivity index (χ2n) is 4.60. The Morgan fingerprint density at radius 1 is 1.40 bits per heavy atom. The molecular weight excluding hydrogens is 282 g/mol. The molecule has 1 aromatic carbocycles. The van der Waals surface area contributed by atoms with Gasteiger partial charge in [0.05, 0.1) is 13.0 Å². The number of esters is 1.